The molecule has 0 aliphatic heterocycles. The molecule has 0 aliphatic rings. The molecule has 0 atom stereocenters. The second-order valence-corrected chi connectivity index (χ2v) is 5.45. The zero-order chi connectivity index (χ0) is 18.3. The smallest absolute Gasteiger partial charge is 0.416 e. The lowest BCUT2D eigenvalue weighted by atomic mass is 10.2. The number of ether oxygens (including phenoxy) is 1. The zero-order valence-corrected chi connectivity index (χ0v) is 13.3. The number of nitrogens with one attached hydrogen (secondary N) is 1. The van der Waals surface area contributed by atoms with Gasteiger partial charge in [0, 0.05) is 13.0 Å². The summed E-state index contributed by atoms with van der Waals surface area (Å²) in [7, 11) is 0. The van der Waals surface area contributed by atoms with Crippen molar-refractivity contribution >= 4 is 5.97 Å². The van der Waals surface area contributed by atoms with Crippen LogP contribution < -0.4 is 10.1 Å². The molecular weight excluding hydrogens is 335 g/mol. The van der Waals surface area contributed by atoms with Crippen LogP contribution in [0, 0.1) is 0 Å². The molecule has 0 spiro atoms. The molecule has 0 aliphatic carbocycles. The van der Waals surface area contributed by atoms with Gasteiger partial charge in [0.05, 0.1) is 5.56 Å². The first-order valence-corrected chi connectivity index (χ1v) is 7.71. The molecular formula is C18H18F3NO3. The van der Waals surface area contributed by atoms with Crippen molar-refractivity contribution in [3.63, 3.8) is 0 Å². The van der Waals surface area contributed by atoms with Gasteiger partial charge in [-0.05, 0) is 48.9 Å². The third kappa shape index (κ3) is 6.46. The summed E-state index contributed by atoms with van der Waals surface area (Å²) in [6, 6.07) is 11.7. The monoisotopic (exact) mass is 353 g/mol. The van der Waals surface area contributed by atoms with Gasteiger partial charge in [-0.3, -0.25) is 4.79 Å². The predicted molar refractivity (Wildman–Crippen MR) is 86.5 cm³/mol. The maximum Gasteiger partial charge on any atom is 0.416 e. The minimum absolute atomic E-state index is 0.103. The number of carboxylic acids is 1. The minimum Gasteiger partial charge on any atom is -0.481 e. The number of halogens is 3. The Morgan fingerprint density at radius 1 is 1.08 bits per heavy atom. The van der Waals surface area contributed by atoms with Crippen molar-refractivity contribution in [2.45, 2.75) is 25.6 Å². The van der Waals surface area contributed by atoms with Gasteiger partial charge in [0.25, 0.3) is 0 Å². The molecule has 2 aromatic rings. The Morgan fingerprint density at radius 3 is 2.44 bits per heavy atom. The number of carboxylic acid groups (broad SMARTS) is 1. The third-order valence-corrected chi connectivity index (χ3v) is 3.37. The van der Waals surface area contributed by atoms with Crippen LogP contribution in [0.5, 0.6) is 11.5 Å². The predicted octanol–water partition coefficient (Wildman–Crippen LogP) is 4.45. The third-order valence-electron chi connectivity index (χ3n) is 3.37. The Kier molecular flexibility index (Phi) is 6.41. The molecule has 0 aromatic heterocycles. The number of rotatable bonds is 8. The van der Waals surface area contributed by atoms with E-state index in [1.165, 1.54) is 12.1 Å². The van der Waals surface area contributed by atoms with Crippen LogP contribution in [0.1, 0.15) is 24.0 Å². The highest BCUT2D eigenvalue weighted by molar-refractivity contribution is 5.66. The molecule has 0 unspecified atom stereocenters. The van der Waals surface area contributed by atoms with Gasteiger partial charge in [0.1, 0.15) is 11.5 Å². The van der Waals surface area contributed by atoms with Gasteiger partial charge in [-0.2, -0.15) is 13.2 Å². The number of aliphatic carboxylic acids is 1. The highest BCUT2D eigenvalue weighted by Gasteiger charge is 2.30. The fraction of sp³-hybridized carbons (Fsp3) is 0.278. The number of benzene rings is 2. The minimum atomic E-state index is -4.42. The van der Waals surface area contributed by atoms with E-state index in [1.807, 2.05) is 6.07 Å². The van der Waals surface area contributed by atoms with Crippen LogP contribution in [0.3, 0.4) is 0 Å². The molecule has 2 aromatic carbocycles. The van der Waals surface area contributed by atoms with Crippen molar-refractivity contribution in [3.8, 4) is 11.5 Å². The Hall–Kier alpha value is -2.54. The van der Waals surface area contributed by atoms with Gasteiger partial charge in [0.2, 0.25) is 0 Å². The van der Waals surface area contributed by atoms with E-state index >= 15 is 0 Å². The van der Waals surface area contributed by atoms with Gasteiger partial charge >= 0.3 is 12.1 Å². The average molecular weight is 353 g/mol. The molecule has 0 fully saturated rings. The van der Waals surface area contributed by atoms with Gasteiger partial charge in [-0.15, -0.1) is 0 Å². The van der Waals surface area contributed by atoms with E-state index < -0.39 is 17.7 Å². The van der Waals surface area contributed by atoms with Crippen molar-refractivity contribution in [2.75, 3.05) is 6.54 Å². The summed E-state index contributed by atoms with van der Waals surface area (Å²) >= 11 is 0. The van der Waals surface area contributed by atoms with E-state index in [4.69, 9.17) is 9.84 Å². The summed E-state index contributed by atoms with van der Waals surface area (Å²) in [5.41, 5.74) is 0.126. The number of carbonyl (C=O) groups is 1. The highest BCUT2D eigenvalue weighted by Crippen LogP contribution is 2.32. The fourth-order valence-electron chi connectivity index (χ4n) is 2.19. The summed E-state index contributed by atoms with van der Waals surface area (Å²) in [5, 5.41) is 11.7. The molecule has 25 heavy (non-hydrogen) atoms. The number of alkyl halides is 3. The largest absolute Gasteiger partial charge is 0.481 e. The fourth-order valence-corrected chi connectivity index (χ4v) is 2.19. The first-order chi connectivity index (χ1) is 11.8. The van der Waals surface area contributed by atoms with Gasteiger partial charge < -0.3 is 15.2 Å². The van der Waals surface area contributed by atoms with Crippen LogP contribution >= 0.6 is 0 Å². The maximum absolute atomic E-state index is 12.7. The van der Waals surface area contributed by atoms with Crippen LogP contribution in [-0.2, 0) is 17.5 Å². The van der Waals surface area contributed by atoms with Crippen LogP contribution in [0.15, 0.2) is 48.5 Å². The molecule has 2 N–H and O–H groups in total. The van der Waals surface area contributed by atoms with Crippen LogP contribution in [-0.4, -0.2) is 17.6 Å². The molecule has 4 nitrogen and oxygen atoms in total. The van der Waals surface area contributed by atoms with Crippen LogP contribution in [0.25, 0.3) is 0 Å². The van der Waals surface area contributed by atoms with Gasteiger partial charge in [0.15, 0.2) is 0 Å². The van der Waals surface area contributed by atoms with E-state index in [0.29, 0.717) is 25.3 Å². The Morgan fingerprint density at radius 2 is 1.76 bits per heavy atom. The standard InChI is InChI=1S/C18H18F3NO3/c19-18(20,21)14-5-2-7-16(11-14)25-15-6-1-4-13(10-15)12-22-9-3-8-17(23)24/h1-2,4-7,10-11,22H,3,8-9,12H2,(H,23,24). The highest BCUT2D eigenvalue weighted by atomic mass is 19.4. The van der Waals surface area contributed by atoms with Crippen molar-refractivity contribution < 1.29 is 27.8 Å². The van der Waals surface area contributed by atoms with Crippen molar-refractivity contribution in [1.29, 1.82) is 0 Å². The van der Waals surface area contributed by atoms with Crippen LogP contribution in [0.4, 0.5) is 13.2 Å². The average Bonchev–Trinajstić information content (AvgIpc) is 2.54. The van der Waals surface area contributed by atoms with E-state index in [0.717, 1.165) is 17.7 Å². The second-order valence-electron chi connectivity index (χ2n) is 5.45. The molecule has 0 saturated carbocycles. The number of hydrogen-bond acceptors (Lipinski definition) is 3. The normalized spacial score (nSPS) is 11.3. The Labute approximate surface area is 143 Å². The van der Waals surface area contributed by atoms with Crippen molar-refractivity contribution in [3.05, 3.63) is 59.7 Å². The summed E-state index contributed by atoms with van der Waals surface area (Å²) in [5.74, 6) is -0.288. The molecule has 2 rings (SSSR count). The molecule has 0 bridgehead atoms. The molecule has 0 radical (unpaired) electrons. The Bertz CT molecular complexity index is 717. The van der Waals surface area contributed by atoms with E-state index in [2.05, 4.69) is 5.32 Å². The van der Waals surface area contributed by atoms with Gasteiger partial charge in [-0.1, -0.05) is 18.2 Å². The molecule has 7 heteroatoms. The van der Waals surface area contributed by atoms with E-state index in [-0.39, 0.29) is 12.2 Å². The summed E-state index contributed by atoms with van der Waals surface area (Å²) < 4.78 is 43.7. The molecule has 0 heterocycles. The maximum atomic E-state index is 12.7. The first-order valence-electron chi connectivity index (χ1n) is 7.71. The molecule has 0 amide bonds. The lowest BCUT2D eigenvalue weighted by Gasteiger charge is -2.11. The van der Waals surface area contributed by atoms with Gasteiger partial charge in [-0.25, -0.2) is 0 Å². The summed E-state index contributed by atoms with van der Waals surface area (Å²) in [6.07, 6.45) is -3.79. The van der Waals surface area contributed by atoms with Crippen LogP contribution in [0.2, 0.25) is 0 Å². The van der Waals surface area contributed by atoms with E-state index in [9.17, 15) is 18.0 Å². The first kappa shape index (κ1) is 18.8. The van der Waals surface area contributed by atoms with E-state index in [1.54, 1.807) is 18.2 Å². The second kappa shape index (κ2) is 8.53. The Balaban J connectivity index is 1.94. The molecule has 0 saturated heterocycles. The SMILES string of the molecule is O=C(O)CCCNCc1cccc(Oc2cccc(C(F)(F)F)c2)c1. The van der Waals surface area contributed by atoms with Crippen molar-refractivity contribution in [2.24, 2.45) is 0 Å². The summed E-state index contributed by atoms with van der Waals surface area (Å²) in [6.45, 7) is 1.07. The quantitative estimate of drug-likeness (QED) is 0.689. The number of hydrogen-bond donors (Lipinski definition) is 2. The zero-order valence-electron chi connectivity index (χ0n) is 13.3. The topological polar surface area (TPSA) is 58.6 Å². The summed E-state index contributed by atoms with van der Waals surface area (Å²) in [4.78, 5) is 10.4. The lowest BCUT2D eigenvalue weighted by molar-refractivity contribution is -0.138. The lowest BCUT2D eigenvalue weighted by Crippen LogP contribution is -2.15. The van der Waals surface area contributed by atoms with Crippen molar-refractivity contribution in [1.82, 2.24) is 5.32 Å². The molecule has 134 valence electrons.